The van der Waals surface area contributed by atoms with E-state index in [4.69, 9.17) is 11.5 Å². The molecule has 0 spiro atoms. The van der Waals surface area contributed by atoms with Gasteiger partial charge in [0.1, 0.15) is 0 Å². The van der Waals surface area contributed by atoms with Gasteiger partial charge in [0.15, 0.2) is 10.2 Å². The number of hydrogen-bond acceptors (Lipinski definition) is 4. The molecule has 0 aromatic rings. The van der Waals surface area contributed by atoms with Gasteiger partial charge in [-0.3, -0.25) is 10.9 Å². The fourth-order valence-corrected chi connectivity index (χ4v) is 0.842. The van der Waals surface area contributed by atoms with Crippen molar-refractivity contribution in [3.05, 3.63) is 0 Å². The molecule has 0 atom stereocenters. The number of thiocarbonyl (C=S) groups is 2. The van der Waals surface area contributed by atoms with Gasteiger partial charge in [-0.05, 0) is 38.3 Å². The molecular weight excluding hydrogens is 232 g/mol. The van der Waals surface area contributed by atoms with Crippen LogP contribution in [0.15, 0.2) is 10.2 Å². The van der Waals surface area contributed by atoms with Gasteiger partial charge in [0.25, 0.3) is 0 Å². The number of rotatable bonds is 4. The van der Waals surface area contributed by atoms with Crippen LogP contribution >= 0.6 is 24.4 Å². The van der Waals surface area contributed by atoms with Gasteiger partial charge < -0.3 is 11.5 Å². The number of hydrogen-bond donors (Lipinski definition) is 4. The molecule has 0 saturated heterocycles. The molecule has 8 heteroatoms. The van der Waals surface area contributed by atoms with Gasteiger partial charge in [-0.25, -0.2) is 0 Å². The minimum Gasteiger partial charge on any atom is -0.375 e. The average molecular weight is 246 g/mol. The standard InChI is InChI=1S/C7H14N6S2/c1-4(10-12-6(8)14)3-5(2)11-13-7(9)15/h3H2,1-2H3,(H3,8,12,14)(H3,9,13,15)/b10-4+,11-5+. The minimum absolute atomic E-state index is 0.130. The zero-order valence-electron chi connectivity index (χ0n) is 8.57. The Kier molecular flexibility index (Phi) is 6.47. The van der Waals surface area contributed by atoms with Gasteiger partial charge in [-0.1, -0.05) is 0 Å². The first-order chi connectivity index (χ1) is 6.91. The van der Waals surface area contributed by atoms with Crippen molar-refractivity contribution < 1.29 is 0 Å². The second-order valence-corrected chi connectivity index (χ2v) is 3.70. The molecule has 0 aliphatic rings. The molecule has 6 N–H and O–H groups in total. The van der Waals surface area contributed by atoms with Crippen LogP contribution in [0.3, 0.4) is 0 Å². The van der Waals surface area contributed by atoms with E-state index in [0.717, 1.165) is 11.4 Å². The van der Waals surface area contributed by atoms with Crippen molar-refractivity contribution in [3.63, 3.8) is 0 Å². The molecule has 0 heterocycles. The number of nitrogens with zero attached hydrogens (tertiary/aromatic N) is 2. The fourth-order valence-electron chi connectivity index (χ4n) is 0.750. The highest BCUT2D eigenvalue weighted by atomic mass is 32.1. The van der Waals surface area contributed by atoms with Crippen molar-refractivity contribution in [2.24, 2.45) is 21.7 Å². The maximum absolute atomic E-state index is 5.21. The Balaban J connectivity index is 4.10. The Morgan fingerprint density at radius 3 is 1.60 bits per heavy atom. The molecule has 0 amide bonds. The van der Waals surface area contributed by atoms with E-state index in [-0.39, 0.29) is 10.2 Å². The van der Waals surface area contributed by atoms with E-state index in [0.29, 0.717) is 6.42 Å². The third kappa shape index (κ3) is 9.03. The molecule has 0 aliphatic carbocycles. The predicted molar refractivity (Wildman–Crippen MR) is 70.7 cm³/mol. The molecule has 0 aromatic heterocycles. The summed E-state index contributed by atoms with van der Waals surface area (Å²) in [6, 6.07) is 0. The monoisotopic (exact) mass is 246 g/mol. The molecule has 84 valence electrons. The summed E-state index contributed by atoms with van der Waals surface area (Å²) in [5.74, 6) is 0. The van der Waals surface area contributed by atoms with Crippen molar-refractivity contribution in [2.45, 2.75) is 20.3 Å². The van der Waals surface area contributed by atoms with Crippen molar-refractivity contribution in [1.82, 2.24) is 10.9 Å². The van der Waals surface area contributed by atoms with Crippen LogP contribution < -0.4 is 22.3 Å². The summed E-state index contributed by atoms with van der Waals surface area (Å²) in [5, 5.41) is 8.10. The molecular formula is C7H14N6S2. The second kappa shape index (κ2) is 7.07. The number of nitrogens with two attached hydrogens (primary N) is 2. The summed E-state index contributed by atoms with van der Waals surface area (Å²) in [7, 11) is 0. The first kappa shape index (κ1) is 13.7. The van der Waals surface area contributed by atoms with E-state index in [1.165, 1.54) is 0 Å². The zero-order chi connectivity index (χ0) is 11.8. The summed E-state index contributed by atoms with van der Waals surface area (Å²) < 4.78 is 0. The Morgan fingerprint density at radius 2 is 1.33 bits per heavy atom. The topological polar surface area (TPSA) is 101 Å². The van der Waals surface area contributed by atoms with Gasteiger partial charge in [0.2, 0.25) is 0 Å². The summed E-state index contributed by atoms with van der Waals surface area (Å²) in [6.07, 6.45) is 0.575. The first-order valence-corrected chi connectivity index (χ1v) is 4.90. The van der Waals surface area contributed by atoms with Crippen molar-refractivity contribution in [3.8, 4) is 0 Å². The molecule has 0 bridgehead atoms. The van der Waals surface area contributed by atoms with Gasteiger partial charge in [-0.2, -0.15) is 10.2 Å². The lowest BCUT2D eigenvalue weighted by atomic mass is 10.2. The van der Waals surface area contributed by atoms with E-state index in [1.807, 2.05) is 13.8 Å². The van der Waals surface area contributed by atoms with Crippen molar-refractivity contribution in [1.29, 1.82) is 0 Å². The smallest absolute Gasteiger partial charge is 0.184 e. The average Bonchev–Trinajstić information content (AvgIpc) is 2.11. The summed E-state index contributed by atoms with van der Waals surface area (Å²) in [4.78, 5) is 0. The molecule has 0 rings (SSSR count). The van der Waals surface area contributed by atoms with Crippen LogP contribution in [-0.2, 0) is 0 Å². The molecule has 0 radical (unpaired) electrons. The van der Waals surface area contributed by atoms with Gasteiger partial charge in [0, 0.05) is 17.8 Å². The summed E-state index contributed by atoms with van der Waals surface area (Å²) >= 11 is 9.19. The minimum atomic E-state index is 0.130. The zero-order valence-corrected chi connectivity index (χ0v) is 10.2. The third-order valence-electron chi connectivity index (χ3n) is 1.23. The van der Waals surface area contributed by atoms with E-state index in [2.05, 4.69) is 45.5 Å². The van der Waals surface area contributed by atoms with Crippen LogP contribution in [-0.4, -0.2) is 21.6 Å². The Bertz CT molecular complexity index is 279. The highest BCUT2D eigenvalue weighted by molar-refractivity contribution is 7.80. The second-order valence-electron chi connectivity index (χ2n) is 2.82. The Hall–Kier alpha value is -1.28. The maximum atomic E-state index is 5.21. The van der Waals surface area contributed by atoms with Crippen molar-refractivity contribution >= 4 is 46.1 Å². The number of hydrazone groups is 2. The summed E-state index contributed by atoms with van der Waals surface area (Å²) in [5.41, 5.74) is 17.0. The van der Waals surface area contributed by atoms with E-state index < -0.39 is 0 Å². The van der Waals surface area contributed by atoms with Gasteiger partial charge in [-0.15, -0.1) is 0 Å². The van der Waals surface area contributed by atoms with Crippen LogP contribution in [0.1, 0.15) is 20.3 Å². The largest absolute Gasteiger partial charge is 0.375 e. The van der Waals surface area contributed by atoms with Gasteiger partial charge >= 0.3 is 0 Å². The van der Waals surface area contributed by atoms with Crippen molar-refractivity contribution in [2.75, 3.05) is 0 Å². The molecule has 0 unspecified atom stereocenters. The molecule has 0 aliphatic heterocycles. The van der Waals surface area contributed by atoms with Crippen LogP contribution in [0.5, 0.6) is 0 Å². The quantitative estimate of drug-likeness (QED) is 0.311. The number of nitrogens with one attached hydrogen (secondary N) is 2. The van der Waals surface area contributed by atoms with Crippen LogP contribution in [0.2, 0.25) is 0 Å². The molecule has 0 aromatic carbocycles. The van der Waals surface area contributed by atoms with Crippen LogP contribution in [0, 0.1) is 0 Å². The summed E-state index contributed by atoms with van der Waals surface area (Å²) in [6.45, 7) is 3.65. The lowest BCUT2D eigenvalue weighted by molar-refractivity contribution is 1.00. The van der Waals surface area contributed by atoms with Crippen LogP contribution in [0.25, 0.3) is 0 Å². The molecule has 0 fully saturated rings. The lowest BCUT2D eigenvalue weighted by Crippen LogP contribution is -2.26. The third-order valence-corrected chi connectivity index (χ3v) is 1.41. The van der Waals surface area contributed by atoms with Gasteiger partial charge in [0.05, 0.1) is 0 Å². The van der Waals surface area contributed by atoms with Crippen LogP contribution in [0.4, 0.5) is 0 Å². The molecule has 6 nitrogen and oxygen atoms in total. The van der Waals surface area contributed by atoms with E-state index >= 15 is 0 Å². The van der Waals surface area contributed by atoms with E-state index in [9.17, 15) is 0 Å². The maximum Gasteiger partial charge on any atom is 0.184 e. The SMILES string of the molecule is C/C(C/C(C)=N/NC(N)=S)=N\NC(N)=S. The normalized spacial score (nSPS) is 12.1. The predicted octanol–water partition coefficient (Wildman–Crippen LogP) is -0.205. The Labute approximate surface area is 99.2 Å². The molecule has 15 heavy (non-hydrogen) atoms. The first-order valence-electron chi connectivity index (χ1n) is 4.09. The molecule has 0 saturated carbocycles. The Morgan fingerprint density at radius 1 is 1.00 bits per heavy atom. The lowest BCUT2D eigenvalue weighted by Gasteiger charge is -2.02. The highest BCUT2D eigenvalue weighted by Gasteiger charge is 1.96. The van der Waals surface area contributed by atoms with E-state index in [1.54, 1.807) is 0 Å². The highest BCUT2D eigenvalue weighted by Crippen LogP contribution is 1.89. The fraction of sp³-hybridized carbons (Fsp3) is 0.429.